The van der Waals surface area contributed by atoms with E-state index in [4.69, 9.17) is 9.47 Å². The van der Waals surface area contributed by atoms with Gasteiger partial charge in [0.2, 0.25) is 0 Å². The predicted octanol–water partition coefficient (Wildman–Crippen LogP) is 0.707. The van der Waals surface area contributed by atoms with Gasteiger partial charge in [-0.15, -0.1) is 0 Å². The molecule has 0 amide bonds. The number of carbonyl (C=O) groups excluding carboxylic acids is 1. The minimum absolute atomic E-state index is 0.0000619. The Morgan fingerprint density at radius 1 is 1.47 bits per heavy atom. The second-order valence-electron chi connectivity index (χ2n) is 5.08. The van der Waals surface area contributed by atoms with Crippen LogP contribution in [-0.2, 0) is 14.3 Å². The highest BCUT2D eigenvalue weighted by Crippen LogP contribution is 2.31. The monoisotopic (exact) mass is 213 g/mol. The van der Waals surface area contributed by atoms with Crippen molar-refractivity contribution in [2.45, 2.75) is 38.8 Å². The van der Waals surface area contributed by atoms with Crippen LogP contribution < -0.4 is 5.32 Å². The van der Waals surface area contributed by atoms with Crippen molar-refractivity contribution < 1.29 is 14.3 Å². The Kier molecular flexibility index (Phi) is 2.98. The molecular weight excluding hydrogens is 194 g/mol. The van der Waals surface area contributed by atoms with E-state index in [1.807, 2.05) is 0 Å². The molecule has 0 bridgehead atoms. The Labute approximate surface area is 90.3 Å². The smallest absolute Gasteiger partial charge is 0.324 e. The number of hydrogen-bond donors (Lipinski definition) is 1. The Bertz CT molecular complexity index is 248. The summed E-state index contributed by atoms with van der Waals surface area (Å²) in [5, 5.41) is 3.25. The maximum atomic E-state index is 11.9. The van der Waals surface area contributed by atoms with Crippen LogP contribution in [-0.4, -0.2) is 37.9 Å². The number of nitrogens with one attached hydrogen (secondary N) is 1. The van der Waals surface area contributed by atoms with Gasteiger partial charge >= 0.3 is 5.97 Å². The first-order chi connectivity index (χ1) is 7.09. The van der Waals surface area contributed by atoms with Crippen LogP contribution in [0.25, 0.3) is 0 Å². The van der Waals surface area contributed by atoms with E-state index in [0.717, 1.165) is 19.4 Å². The van der Waals surface area contributed by atoms with Crippen molar-refractivity contribution >= 4 is 5.97 Å². The van der Waals surface area contributed by atoms with Gasteiger partial charge in [0.25, 0.3) is 0 Å². The summed E-state index contributed by atoms with van der Waals surface area (Å²) in [6, 6.07) is -0.160. The lowest BCUT2D eigenvalue weighted by atomic mass is 9.77. The first-order valence-corrected chi connectivity index (χ1v) is 5.61. The lowest BCUT2D eigenvalue weighted by molar-refractivity contribution is -0.178. The van der Waals surface area contributed by atoms with E-state index in [9.17, 15) is 4.79 Å². The highest BCUT2D eigenvalue weighted by Gasteiger charge is 2.39. The molecule has 4 nitrogen and oxygen atoms in total. The molecule has 0 aromatic heterocycles. The molecule has 1 N–H and O–H groups in total. The summed E-state index contributed by atoms with van der Waals surface area (Å²) >= 11 is 0. The minimum Gasteiger partial charge on any atom is -0.456 e. The zero-order valence-electron chi connectivity index (χ0n) is 9.41. The third-order valence-electron chi connectivity index (χ3n) is 3.25. The van der Waals surface area contributed by atoms with Gasteiger partial charge in [-0.1, -0.05) is 13.8 Å². The number of ether oxygens (including phenoxy) is 2. The highest BCUT2D eigenvalue weighted by atomic mass is 16.6. The van der Waals surface area contributed by atoms with Gasteiger partial charge in [0.15, 0.2) is 0 Å². The second-order valence-corrected chi connectivity index (χ2v) is 5.08. The SMILES string of the molecule is CC1(C)CCCNC1C(=O)OC1COC1. The molecule has 2 heterocycles. The van der Waals surface area contributed by atoms with Gasteiger partial charge in [-0.2, -0.15) is 0 Å². The zero-order valence-corrected chi connectivity index (χ0v) is 9.41. The van der Waals surface area contributed by atoms with E-state index in [1.54, 1.807) is 0 Å². The number of carbonyl (C=O) groups is 1. The molecule has 0 radical (unpaired) electrons. The fourth-order valence-electron chi connectivity index (χ4n) is 2.13. The summed E-state index contributed by atoms with van der Waals surface area (Å²) in [5.41, 5.74) is -0.0000619. The summed E-state index contributed by atoms with van der Waals surface area (Å²) in [4.78, 5) is 11.9. The van der Waals surface area contributed by atoms with Gasteiger partial charge < -0.3 is 14.8 Å². The molecule has 0 aromatic rings. The van der Waals surface area contributed by atoms with E-state index >= 15 is 0 Å². The fraction of sp³-hybridized carbons (Fsp3) is 0.909. The van der Waals surface area contributed by atoms with Crippen molar-refractivity contribution in [2.75, 3.05) is 19.8 Å². The topological polar surface area (TPSA) is 47.6 Å². The lowest BCUT2D eigenvalue weighted by Gasteiger charge is -2.39. The van der Waals surface area contributed by atoms with Crippen LogP contribution in [0.15, 0.2) is 0 Å². The molecule has 0 saturated carbocycles. The van der Waals surface area contributed by atoms with Gasteiger partial charge in [-0.25, -0.2) is 0 Å². The van der Waals surface area contributed by atoms with Crippen molar-refractivity contribution in [3.8, 4) is 0 Å². The highest BCUT2D eigenvalue weighted by molar-refractivity contribution is 5.77. The molecule has 1 atom stereocenters. The molecule has 86 valence electrons. The van der Waals surface area contributed by atoms with Crippen LogP contribution in [0, 0.1) is 5.41 Å². The summed E-state index contributed by atoms with van der Waals surface area (Å²) in [7, 11) is 0. The van der Waals surface area contributed by atoms with Crippen LogP contribution in [0.4, 0.5) is 0 Å². The van der Waals surface area contributed by atoms with Crippen LogP contribution in [0.3, 0.4) is 0 Å². The summed E-state index contributed by atoms with van der Waals surface area (Å²) in [5.74, 6) is -0.118. The Morgan fingerprint density at radius 3 is 2.73 bits per heavy atom. The molecule has 4 heteroatoms. The quantitative estimate of drug-likeness (QED) is 0.686. The van der Waals surface area contributed by atoms with Crippen LogP contribution in [0.2, 0.25) is 0 Å². The van der Waals surface area contributed by atoms with Crippen molar-refractivity contribution in [3.05, 3.63) is 0 Å². The molecular formula is C11H19NO3. The number of esters is 1. The third kappa shape index (κ3) is 2.32. The molecule has 1 unspecified atom stereocenters. The van der Waals surface area contributed by atoms with Crippen molar-refractivity contribution in [3.63, 3.8) is 0 Å². The van der Waals surface area contributed by atoms with Crippen molar-refractivity contribution in [2.24, 2.45) is 5.41 Å². The Hall–Kier alpha value is -0.610. The molecule has 2 aliphatic heterocycles. The third-order valence-corrected chi connectivity index (χ3v) is 3.25. The predicted molar refractivity (Wildman–Crippen MR) is 55.5 cm³/mol. The summed E-state index contributed by atoms with van der Waals surface area (Å²) < 4.78 is 10.3. The molecule has 2 fully saturated rings. The van der Waals surface area contributed by atoms with Crippen molar-refractivity contribution in [1.29, 1.82) is 0 Å². The van der Waals surface area contributed by atoms with E-state index in [0.29, 0.717) is 13.2 Å². The van der Waals surface area contributed by atoms with E-state index in [2.05, 4.69) is 19.2 Å². The normalized spacial score (nSPS) is 30.7. The second kappa shape index (κ2) is 4.10. The number of piperidine rings is 1. The lowest BCUT2D eigenvalue weighted by Crippen LogP contribution is -2.54. The largest absolute Gasteiger partial charge is 0.456 e. The molecule has 0 spiro atoms. The Morgan fingerprint density at radius 2 is 2.20 bits per heavy atom. The van der Waals surface area contributed by atoms with Crippen molar-refractivity contribution in [1.82, 2.24) is 5.32 Å². The first-order valence-electron chi connectivity index (χ1n) is 5.61. The average Bonchev–Trinajstić information content (AvgIpc) is 2.10. The molecule has 0 aliphatic carbocycles. The minimum atomic E-state index is -0.160. The maximum absolute atomic E-state index is 11.9. The van der Waals surface area contributed by atoms with Gasteiger partial charge in [0.1, 0.15) is 12.1 Å². The van der Waals surface area contributed by atoms with E-state index in [-0.39, 0.29) is 23.5 Å². The summed E-state index contributed by atoms with van der Waals surface area (Å²) in [6.07, 6.45) is 2.18. The maximum Gasteiger partial charge on any atom is 0.324 e. The molecule has 2 rings (SSSR count). The van der Waals surface area contributed by atoms with Crippen LogP contribution >= 0.6 is 0 Å². The standard InChI is InChI=1S/C11H19NO3/c1-11(2)4-3-5-12-9(11)10(13)15-8-6-14-7-8/h8-9,12H,3-7H2,1-2H3. The molecule has 15 heavy (non-hydrogen) atoms. The van der Waals surface area contributed by atoms with E-state index < -0.39 is 0 Å². The average molecular weight is 213 g/mol. The Balaban J connectivity index is 1.91. The molecule has 2 aliphatic rings. The fourth-order valence-corrected chi connectivity index (χ4v) is 2.13. The van der Waals surface area contributed by atoms with Gasteiger partial charge in [0.05, 0.1) is 13.2 Å². The number of rotatable bonds is 2. The van der Waals surface area contributed by atoms with Gasteiger partial charge in [0, 0.05) is 0 Å². The number of hydrogen-bond acceptors (Lipinski definition) is 4. The molecule has 0 aromatic carbocycles. The van der Waals surface area contributed by atoms with Crippen LogP contribution in [0.1, 0.15) is 26.7 Å². The van der Waals surface area contributed by atoms with Gasteiger partial charge in [-0.3, -0.25) is 4.79 Å². The zero-order chi connectivity index (χ0) is 10.9. The van der Waals surface area contributed by atoms with E-state index in [1.165, 1.54) is 0 Å². The van der Waals surface area contributed by atoms with Gasteiger partial charge in [-0.05, 0) is 24.8 Å². The molecule has 2 saturated heterocycles. The first kappa shape index (κ1) is 10.9. The van der Waals surface area contributed by atoms with Crippen LogP contribution in [0.5, 0.6) is 0 Å². The summed E-state index contributed by atoms with van der Waals surface area (Å²) in [6.45, 7) is 6.24.